The molecule has 336 valence electrons. The molecule has 0 fully saturated rings. The number of hydrogen-bond donors (Lipinski definition) is 0. The lowest BCUT2D eigenvalue weighted by Gasteiger charge is -2.42. The maximum absolute atomic E-state index is 6.85. The molecular weight excluding hydrogens is 895 g/mol. The monoisotopic (exact) mass is 935 g/mol. The average molecular weight is 936 g/mol. The van der Waals surface area contributed by atoms with Gasteiger partial charge in [0.05, 0.1) is 16.5 Å². The molecule has 0 unspecified atom stereocenters. The Balaban J connectivity index is 0.994. The molecule has 72 heavy (non-hydrogen) atoms. The van der Waals surface area contributed by atoms with E-state index >= 15 is 0 Å². The normalized spacial score (nSPS) is 14.3. The van der Waals surface area contributed by atoms with E-state index in [0.29, 0.717) is 0 Å². The van der Waals surface area contributed by atoms with Crippen LogP contribution in [0.15, 0.2) is 249 Å². The molecule has 4 aliphatic rings. The molecule has 0 saturated heterocycles. The fraction of sp³-hybridized carbons (Fsp3) is 0.0294. The Morgan fingerprint density at radius 1 is 0.319 bits per heavy atom. The summed E-state index contributed by atoms with van der Waals surface area (Å²) in [5, 5.41) is 2.60. The van der Waals surface area contributed by atoms with E-state index in [1.54, 1.807) is 0 Å². The Labute approximate surface area is 421 Å². The standard InChI is InChI=1S/C68H41NO2S/c1-4-22-51-46(17-1)48-40-39-44(41-57(48)67(51)53-24-6-10-29-59(53)70-60-30-11-7-25-54(60)67)69(43-37-35-42(36-38-43)45-20-16-34-64-65(45)50-19-3-14-33-63(50)72-64)58-28-15-21-49-47-18-2-5-23-52(47)68(66(49)58)55-26-8-12-31-61(55)71-62-32-13-9-27-56(62)68/h1-41H. The number of anilines is 3. The number of thiophene rings is 1. The summed E-state index contributed by atoms with van der Waals surface area (Å²) in [6, 6.07) is 91.5. The molecule has 0 bridgehead atoms. The number of hydrogen-bond acceptors (Lipinski definition) is 4. The van der Waals surface area contributed by atoms with Crippen molar-refractivity contribution in [1.82, 2.24) is 0 Å². The molecule has 16 rings (SSSR count). The largest absolute Gasteiger partial charge is 0.457 e. The van der Waals surface area contributed by atoms with Gasteiger partial charge in [0.2, 0.25) is 0 Å². The molecule has 11 aromatic carbocycles. The Hall–Kier alpha value is -8.96. The van der Waals surface area contributed by atoms with E-state index in [1.807, 2.05) is 11.3 Å². The molecule has 2 spiro atoms. The fourth-order valence-electron chi connectivity index (χ4n) is 13.3. The van der Waals surface area contributed by atoms with E-state index in [1.165, 1.54) is 75.8 Å². The van der Waals surface area contributed by atoms with E-state index < -0.39 is 10.8 Å². The highest BCUT2D eigenvalue weighted by Crippen LogP contribution is 2.66. The third-order valence-corrected chi connectivity index (χ3v) is 17.1. The van der Waals surface area contributed by atoms with Crippen LogP contribution in [0, 0.1) is 0 Å². The predicted octanol–water partition coefficient (Wildman–Crippen LogP) is 18.1. The van der Waals surface area contributed by atoms with Gasteiger partial charge in [0.15, 0.2) is 0 Å². The second kappa shape index (κ2) is 14.8. The quantitative estimate of drug-likeness (QED) is 0.176. The van der Waals surface area contributed by atoms with E-state index in [2.05, 4.69) is 254 Å². The van der Waals surface area contributed by atoms with Crippen LogP contribution in [0.4, 0.5) is 17.1 Å². The topological polar surface area (TPSA) is 21.7 Å². The highest BCUT2D eigenvalue weighted by atomic mass is 32.1. The van der Waals surface area contributed by atoms with Gasteiger partial charge in [-0.1, -0.05) is 182 Å². The van der Waals surface area contributed by atoms with Crippen molar-refractivity contribution in [1.29, 1.82) is 0 Å². The van der Waals surface area contributed by atoms with Crippen molar-refractivity contribution < 1.29 is 9.47 Å². The van der Waals surface area contributed by atoms with Gasteiger partial charge in [0.25, 0.3) is 0 Å². The van der Waals surface area contributed by atoms with Crippen LogP contribution in [-0.2, 0) is 10.8 Å². The SMILES string of the molecule is c1ccc2c(c1)Oc1ccccc1C21c2ccccc2-c2ccc(N(c3ccc(-c4cccc5sc6ccccc6c45)cc3)c3cccc4c3C3(c5ccccc5Oc5ccccc53)c3ccccc3-4)cc21. The lowest BCUT2D eigenvalue weighted by molar-refractivity contribution is 0.436. The van der Waals surface area contributed by atoms with Crippen LogP contribution in [0.25, 0.3) is 53.6 Å². The van der Waals surface area contributed by atoms with Gasteiger partial charge < -0.3 is 14.4 Å². The highest BCUT2D eigenvalue weighted by molar-refractivity contribution is 7.25. The fourth-order valence-corrected chi connectivity index (χ4v) is 14.4. The van der Waals surface area contributed by atoms with Crippen molar-refractivity contribution in [2.45, 2.75) is 10.8 Å². The summed E-state index contributed by atoms with van der Waals surface area (Å²) in [5.74, 6) is 3.49. The summed E-state index contributed by atoms with van der Waals surface area (Å²) >= 11 is 1.86. The van der Waals surface area contributed by atoms with Crippen LogP contribution in [-0.4, -0.2) is 0 Å². The Kier molecular flexibility index (Phi) is 8.18. The van der Waals surface area contributed by atoms with Gasteiger partial charge in [-0.25, -0.2) is 0 Å². The third-order valence-electron chi connectivity index (χ3n) is 16.0. The van der Waals surface area contributed by atoms with Crippen molar-refractivity contribution in [3.05, 3.63) is 293 Å². The van der Waals surface area contributed by atoms with Gasteiger partial charge in [-0.05, 0) is 117 Å². The molecule has 0 saturated carbocycles. The van der Waals surface area contributed by atoms with E-state index in [0.717, 1.165) is 62.3 Å². The van der Waals surface area contributed by atoms with Crippen molar-refractivity contribution in [3.63, 3.8) is 0 Å². The minimum atomic E-state index is -0.700. The second-order valence-electron chi connectivity index (χ2n) is 19.4. The molecule has 3 nitrogen and oxygen atoms in total. The molecule has 12 aromatic rings. The minimum absolute atomic E-state index is 0.639. The molecule has 4 heteroatoms. The zero-order chi connectivity index (χ0) is 47.1. The van der Waals surface area contributed by atoms with Crippen LogP contribution in [0.1, 0.15) is 44.5 Å². The highest BCUT2D eigenvalue weighted by Gasteiger charge is 2.54. The summed E-state index contributed by atoms with van der Waals surface area (Å²) in [6.07, 6.45) is 0. The molecular formula is C68H41NO2S. The molecule has 0 radical (unpaired) electrons. The van der Waals surface area contributed by atoms with Gasteiger partial charge in [0, 0.05) is 59.4 Å². The van der Waals surface area contributed by atoms with E-state index in [4.69, 9.17) is 9.47 Å². The number of rotatable bonds is 4. The number of nitrogens with zero attached hydrogens (tertiary/aromatic N) is 1. The average Bonchev–Trinajstić information content (AvgIpc) is 4.07. The van der Waals surface area contributed by atoms with Crippen molar-refractivity contribution in [2.24, 2.45) is 0 Å². The maximum atomic E-state index is 6.85. The number of para-hydroxylation sites is 4. The van der Waals surface area contributed by atoms with Crippen molar-refractivity contribution in [3.8, 4) is 56.4 Å². The lowest BCUT2D eigenvalue weighted by Crippen LogP contribution is -2.33. The second-order valence-corrected chi connectivity index (χ2v) is 20.5. The van der Waals surface area contributed by atoms with E-state index in [9.17, 15) is 0 Å². The summed E-state index contributed by atoms with van der Waals surface area (Å²) in [5.41, 5.74) is 18.7. The Morgan fingerprint density at radius 2 is 0.778 bits per heavy atom. The van der Waals surface area contributed by atoms with Crippen LogP contribution >= 0.6 is 11.3 Å². The Bertz CT molecular complexity index is 4170. The summed E-state index contributed by atoms with van der Waals surface area (Å²) in [6.45, 7) is 0. The lowest BCUT2D eigenvalue weighted by atomic mass is 9.65. The van der Waals surface area contributed by atoms with Gasteiger partial charge in [-0.3, -0.25) is 0 Å². The smallest absolute Gasteiger partial charge is 0.132 e. The summed E-state index contributed by atoms with van der Waals surface area (Å²) in [4.78, 5) is 2.53. The number of fused-ring (bicyclic) bond motifs is 21. The third kappa shape index (κ3) is 5.13. The first-order valence-corrected chi connectivity index (χ1v) is 25.6. The molecule has 0 amide bonds. The first-order chi connectivity index (χ1) is 35.7. The molecule has 0 atom stereocenters. The molecule has 2 aliphatic carbocycles. The summed E-state index contributed by atoms with van der Waals surface area (Å²) in [7, 11) is 0. The molecule has 3 heterocycles. The zero-order valence-corrected chi connectivity index (χ0v) is 39.7. The number of benzene rings is 11. The van der Waals surface area contributed by atoms with Crippen LogP contribution in [0.2, 0.25) is 0 Å². The number of ether oxygens (including phenoxy) is 2. The van der Waals surface area contributed by atoms with Gasteiger partial charge in [-0.15, -0.1) is 11.3 Å². The Morgan fingerprint density at radius 3 is 1.43 bits per heavy atom. The first kappa shape index (κ1) is 39.8. The van der Waals surface area contributed by atoms with Gasteiger partial charge in [0.1, 0.15) is 23.0 Å². The van der Waals surface area contributed by atoms with Crippen LogP contribution < -0.4 is 14.4 Å². The van der Waals surface area contributed by atoms with E-state index in [-0.39, 0.29) is 0 Å². The molecule has 1 aromatic heterocycles. The van der Waals surface area contributed by atoms with Crippen LogP contribution in [0.3, 0.4) is 0 Å². The van der Waals surface area contributed by atoms with Gasteiger partial charge >= 0.3 is 0 Å². The maximum Gasteiger partial charge on any atom is 0.132 e. The predicted molar refractivity (Wildman–Crippen MR) is 294 cm³/mol. The zero-order valence-electron chi connectivity index (χ0n) is 38.8. The van der Waals surface area contributed by atoms with Gasteiger partial charge in [-0.2, -0.15) is 0 Å². The van der Waals surface area contributed by atoms with Crippen molar-refractivity contribution >= 4 is 48.6 Å². The first-order valence-electron chi connectivity index (χ1n) is 24.7. The van der Waals surface area contributed by atoms with Crippen LogP contribution in [0.5, 0.6) is 23.0 Å². The molecule has 2 aliphatic heterocycles. The molecule has 0 N–H and O–H groups in total. The van der Waals surface area contributed by atoms with Crippen molar-refractivity contribution in [2.75, 3.05) is 4.90 Å². The minimum Gasteiger partial charge on any atom is -0.457 e. The summed E-state index contributed by atoms with van der Waals surface area (Å²) < 4.78 is 16.2.